The first-order chi connectivity index (χ1) is 14.4. The highest BCUT2D eigenvalue weighted by atomic mass is 19.1. The molecular formula is C22H26FN3O4. The fourth-order valence-corrected chi connectivity index (χ4v) is 3.25. The largest absolute Gasteiger partial charge is 0.505 e. The molecule has 0 aliphatic heterocycles. The Labute approximate surface area is 174 Å². The Hall–Kier alpha value is -3.26. The maximum absolute atomic E-state index is 14.1. The van der Waals surface area contributed by atoms with Crippen LogP contribution in [0, 0.1) is 5.82 Å². The normalized spacial score (nSPS) is 11.7. The lowest BCUT2D eigenvalue weighted by molar-refractivity contribution is -0.126. The van der Waals surface area contributed by atoms with Crippen molar-refractivity contribution < 1.29 is 23.9 Å². The summed E-state index contributed by atoms with van der Waals surface area (Å²) in [5.41, 5.74) is 1.98. The molecule has 30 heavy (non-hydrogen) atoms. The minimum absolute atomic E-state index is 0.100. The van der Waals surface area contributed by atoms with Crippen molar-refractivity contribution in [2.45, 2.75) is 32.0 Å². The highest BCUT2D eigenvalue weighted by molar-refractivity contribution is 5.82. The number of halogens is 1. The molecule has 2 aromatic rings. The fourth-order valence-electron chi connectivity index (χ4n) is 3.25. The van der Waals surface area contributed by atoms with Gasteiger partial charge in [0.05, 0.1) is 6.04 Å². The fraction of sp³-hybridized carbons (Fsp3) is 0.318. The number of phenolic OH excluding ortho intramolecular Hbond substituents is 1. The molecule has 0 aliphatic carbocycles. The number of hydrogen-bond acceptors (Lipinski definition) is 6. The maximum Gasteiger partial charge on any atom is 0.237 e. The molecule has 0 aliphatic rings. The van der Waals surface area contributed by atoms with E-state index in [9.17, 15) is 23.9 Å². The second-order valence-electron chi connectivity index (χ2n) is 6.88. The molecular weight excluding hydrogens is 389 g/mol. The molecule has 3 N–H and O–H groups in total. The molecule has 0 radical (unpaired) electrons. The molecule has 0 spiro atoms. The van der Waals surface area contributed by atoms with Crippen LogP contribution in [0.1, 0.15) is 34.3 Å². The van der Waals surface area contributed by atoms with Crippen molar-refractivity contribution in [2.75, 3.05) is 19.4 Å². The number of likely N-dealkylation sites (N-methyl/N-ethyl adjacent to an activating group) is 2. The lowest BCUT2D eigenvalue weighted by Gasteiger charge is -2.28. The summed E-state index contributed by atoms with van der Waals surface area (Å²) in [5.74, 6) is -1.36. The summed E-state index contributed by atoms with van der Waals surface area (Å²) in [6.45, 7) is 0.361. The third-order valence-corrected chi connectivity index (χ3v) is 4.91. The van der Waals surface area contributed by atoms with Gasteiger partial charge in [0.2, 0.25) is 5.91 Å². The van der Waals surface area contributed by atoms with Gasteiger partial charge in [0.25, 0.3) is 0 Å². The Morgan fingerprint density at radius 3 is 2.63 bits per heavy atom. The molecule has 1 atom stereocenters. The first-order valence-corrected chi connectivity index (χ1v) is 9.55. The quantitative estimate of drug-likeness (QED) is 0.488. The van der Waals surface area contributed by atoms with Crippen LogP contribution in [-0.4, -0.2) is 48.6 Å². The topological polar surface area (TPSA) is 98.7 Å². The summed E-state index contributed by atoms with van der Waals surface area (Å²) in [4.78, 5) is 36.4. The van der Waals surface area contributed by atoms with Gasteiger partial charge < -0.3 is 20.5 Å². The SMILES string of the molecule is CNC(=O)C(CCC=O)N(C)Cc1c(C=O)cccc1NCc1cccc(O)c1F. The van der Waals surface area contributed by atoms with Gasteiger partial charge in [-0.2, -0.15) is 0 Å². The van der Waals surface area contributed by atoms with Crippen LogP contribution in [0.2, 0.25) is 0 Å². The molecule has 0 bridgehead atoms. The second-order valence-corrected chi connectivity index (χ2v) is 6.88. The Bertz CT molecular complexity index is 904. The predicted octanol–water partition coefficient (Wildman–Crippen LogP) is 2.48. The van der Waals surface area contributed by atoms with Crippen LogP contribution in [-0.2, 0) is 22.7 Å². The third kappa shape index (κ3) is 5.64. The van der Waals surface area contributed by atoms with Crippen molar-refractivity contribution >= 4 is 24.2 Å². The number of rotatable bonds is 11. The van der Waals surface area contributed by atoms with E-state index in [1.54, 1.807) is 42.3 Å². The Kier molecular flexibility index (Phi) is 8.49. The monoisotopic (exact) mass is 415 g/mol. The van der Waals surface area contributed by atoms with Crippen LogP contribution in [0.4, 0.5) is 10.1 Å². The zero-order valence-corrected chi connectivity index (χ0v) is 17.0. The molecule has 0 saturated heterocycles. The molecule has 1 unspecified atom stereocenters. The van der Waals surface area contributed by atoms with Crippen molar-refractivity contribution in [3.05, 3.63) is 58.9 Å². The summed E-state index contributed by atoms with van der Waals surface area (Å²) in [6.07, 6.45) is 2.07. The third-order valence-electron chi connectivity index (χ3n) is 4.91. The van der Waals surface area contributed by atoms with E-state index < -0.39 is 17.6 Å². The first-order valence-electron chi connectivity index (χ1n) is 9.55. The van der Waals surface area contributed by atoms with Gasteiger partial charge in [-0.15, -0.1) is 0 Å². The smallest absolute Gasteiger partial charge is 0.237 e. The van der Waals surface area contributed by atoms with E-state index >= 15 is 0 Å². The van der Waals surface area contributed by atoms with E-state index in [2.05, 4.69) is 10.6 Å². The van der Waals surface area contributed by atoms with Crippen LogP contribution in [0.3, 0.4) is 0 Å². The lowest BCUT2D eigenvalue weighted by Crippen LogP contribution is -2.43. The minimum Gasteiger partial charge on any atom is -0.505 e. The first kappa shape index (κ1) is 23.0. The number of nitrogens with one attached hydrogen (secondary N) is 2. The zero-order chi connectivity index (χ0) is 22.1. The minimum atomic E-state index is -0.705. The van der Waals surface area contributed by atoms with Crippen LogP contribution >= 0.6 is 0 Å². The number of carbonyl (C=O) groups excluding carboxylic acids is 3. The van der Waals surface area contributed by atoms with Gasteiger partial charge >= 0.3 is 0 Å². The lowest BCUT2D eigenvalue weighted by atomic mass is 10.0. The van der Waals surface area contributed by atoms with Crippen LogP contribution in [0.15, 0.2) is 36.4 Å². The Morgan fingerprint density at radius 2 is 1.97 bits per heavy atom. The summed E-state index contributed by atoms with van der Waals surface area (Å²) in [5, 5.41) is 15.2. The summed E-state index contributed by atoms with van der Waals surface area (Å²) >= 11 is 0. The van der Waals surface area contributed by atoms with Crippen molar-refractivity contribution in [2.24, 2.45) is 0 Å². The van der Waals surface area contributed by atoms with Gasteiger partial charge in [-0.05, 0) is 31.2 Å². The van der Waals surface area contributed by atoms with E-state index in [4.69, 9.17) is 0 Å². The van der Waals surface area contributed by atoms with E-state index in [1.165, 1.54) is 13.1 Å². The Morgan fingerprint density at radius 1 is 1.23 bits per heavy atom. The number of phenols is 1. The second kappa shape index (κ2) is 11.1. The molecule has 0 heterocycles. The molecule has 0 saturated carbocycles. The van der Waals surface area contributed by atoms with Crippen molar-refractivity contribution in [1.82, 2.24) is 10.2 Å². The van der Waals surface area contributed by atoms with Gasteiger partial charge in [0, 0.05) is 43.4 Å². The molecule has 7 nitrogen and oxygen atoms in total. The molecule has 8 heteroatoms. The zero-order valence-electron chi connectivity index (χ0n) is 17.0. The van der Waals surface area contributed by atoms with E-state index in [0.717, 1.165) is 12.6 Å². The highest BCUT2D eigenvalue weighted by Gasteiger charge is 2.23. The number of benzene rings is 2. The van der Waals surface area contributed by atoms with E-state index in [-0.39, 0.29) is 31.0 Å². The average molecular weight is 415 g/mol. The van der Waals surface area contributed by atoms with Crippen molar-refractivity contribution in [3.8, 4) is 5.75 Å². The van der Waals surface area contributed by atoms with E-state index in [0.29, 0.717) is 23.2 Å². The number of carbonyl (C=O) groups is 3. The summed E-state index contributed by atoms with van der Waals surface area (Å²) in [7, 11) is 3.27. The van der Waals surface area contributed by atoms with Crippen LogP contribution in [0.25, 0.3) is 0 Å². The van der Waals surface area contributed by atoms with Gasteiger partial charge in [-0.1, -0.05) is 24.3 Å². The van der Waals surface area contributed by atoms with Crippen LogP contribution < -0.4 is 10.6 Å². The molecule has 2 aromatic carbocycles. The van der Waals surface area contributed by atoms with Gasteiger partial charge in [0.1, 0.15) is 12.6 Å². The number of amides is 1. The Balaban J connectivity index is 2.27. The standard InChI is InChI=1S/C22H26FN3O4/c1-24-22(30)19(9-5-11-27)26(2)13-17-16(14-28)7-3-8-18(17)25-12-15-6-4-10-20(29)21(15)23/h3-4,6-8,10-11,14,19,25,29H,5,9,12-13H2,1-2H3,(H,24,30). The van der Waals surface area contributed by atoms with E-state index in [1.807, 2.05) is 0 Å². The van der Waals surface area contributed by atoms with Crippen molar-refractivity contribution in [3.63, 3.8) is 0 Å². The predicted molar refractivity (Wildman–Crippen MR) is 112 cm³/mol. The van der Waals surface area contributed by atoms with Gasteiger partial charge in [-0.3, -0.25) is 14.5 Å². The average Bonchev–Trinajstić information content (AvgIpc) is 2.75. The van der Waals surface area contributed by atoms with Crippen LogP contribution in [0.5, 0.6) is 5.75 Å². The number of hydrogen-bond donors (Lipinski definition) is 3. The van der Waals surface area contributed by atoms with Gasteiger partial charge in [0.15, 0.2) is 11.6 Å². The summed E-state index contributed by atoms with van der Waals surface area (Å²) < 4.78 is 14.1. The molecule has 1 amide bonds. The molecule has 160 valence electrons. The number of aromatic hydroxyl groups is 1. The number of anilines is 1. The molecule has 0 fully saturated rings. The molecule has 0 aromatic heterocycles. The van der Waals surface area contributed by atoms with Crippen molar-refractivity contribution in [1.29, 1.82) is 0 Å². The highest BCUT2D eigenvalue weighted by Crippen LogP contribution is 2.25. The molecule has 2 rings (SSSR count). The number of nitrogens with zero attached hydrogens (tertiary/aromatic N) is 1. The maximum atomic E-state index is 14.1. The van der Waals surface area contributed by atoms with Gasteiger partial charge in [-0.25, -0.2) is 4.39 Å². The number of aldehydes is 2. The summed E-state index contributed by atoms with van der Waals surface area (Å²) in [6, 6.07) is 8.96.